The molecule has 1 atom stereocenters. The van der Waals surface area contributed by atoms with Gasteiger partial charge in [-0.05, 0) is 31.0 Å². The Bertz CT molecular complexity index is 1500. The molecule has 0 aliphatic rings. The molecule has 0 saturated heterocycles. The van der Waals surface area contributed by atoms with Crippen LogP contribution in [0.15, 0.2) is 59.9 Å². The van der Waals surface area contributed by atoms with Gasteiger partial charge < -0.3 is 5.32 Å². The lowest BCUT2D eigenvalue weighted by Crippen LogP contribution is -2.31. The molecule has 0 radical (unpaired) electrons. The fourth-order valence-corrected chi connectivity index (χ4v) is 4.16. The van der Waals surface area contributed by atoms with E-state index in [1.165, 1.54) is 0 Å². The summed E-state index contributed by atoms with van der Waals surface area (Å²) in [4.78, 5) is 30.2. The first-order valence-electron chi connectivity index (χ1n) is 11.0. The van der Waals surface area contributed by atoms with Crippen molar-refractivity contribution in [1.29, 1.82) is 0 Å². The number of anilines is 1. The van der Waals surface area contributed by atoms with Gasteiger partial charge in [-0.2, -0.15) is 0 Å². The fourth-order valence-electron chi connectivity index (χ4n) is 4.16. The Hall–Kier alpha value is -4.07. The quantitative estimate of drug-likeness (QED) is 0.363. The van der Waals surface area contributed by atoms with Crippen LogP contribution in [0.25, 0.3) is 33.1 Å². The first-order chi connectivity index (χ1) is 16.0. The predicted molar refractivity (Wildman–Crippen MR) is 130 cm³/mol. The summed E-state index contributed by atoms with van der Waals surface area (Å²) in [5.41, 5.74) is 5.00. The Morgan fingerprint density at radius 3 is 2.70 bits per heavy atom. The maximum atomic E-state index is 12.4. The average molecular weight is 440 g/mol. The number of fused-ring (bicyclic) bond motifs is 3. The van der Waals surface area contributed by atoms with Crippen LogP contribution >= 0.6 is 0 Å². The zero-order valence-electron chi connectivity index (χ0n) is 18.8. The highest BCUT2D eigenvalue weighted by molar-refractivity contribution is 6.04. The molecule has 4 aromatic heterocycles. The summed E-state index contributed by atoms with van der Waals surface area (Å²) < 4.78 is 0. The molecular weight excluding hydrogens is 414 g/mol. The number of H-pyrrole nitrogens is 2. The first-order valence-corrected chi connectivity index (χ1v) is 11.0. The number of para-hydroxylation sites is 1. The zero-order valence-corrected chi connectivity index (χ0v) is 18.8. The molecule has 0 fully saturated rings. The van der Waals surface area contributed by atoms with Crippen LogP contribution in [0.5, 0.6) is 0 Å². The van der Waals surface area contributed by atoms with Crippen LogP contribution in [-0.4, -0.2) is 36.7 Å². The summed E-state index contributed by atoms with van der Waals surface area (Å²) in [7, 11) is 0. The molecule has 1 aromatic carbocycles. The average Bonchev–Trinajstić information content (AvgIpc) is 3.24. The molecule has 33 heavy (non-hydrogen) atoms. The normalized spacial score (nSPS) is 13.3. The van der Waals surface area contributed by atoms with Crippen molar-refractivity contribution in [2.24, 2.45) is 0 Å². The molecular formula is C25H25N7O. The number of nitrogens with one attached hydrogen (secondary N) is 3. The minimum absolute atomic E-state index is 0.134. The molecule has 5 aromatic rings. The second-order valence-corrected chi connectivity index (χ2v) is 8.57. The molecule has 4 heterocycles. The van der Waals surface area contributed by atoms with Crippen LogP contribution in [0.3, 0.4) is 0 Å². The van der Waals surface area contributed by atoms with Gasteiger partial charge in [-0.1, -0.05) is 32.0 Å². The van der Waals surface area contributed by atoms with E-state index in [0.29, 0.717) is 17.4 Å². The van der Waals surface area contributed by atoms with Crippen molar-refractivity contribution in [2.45, 2.75) is 32.6 Å². The van der Waals surface area contributed by atoms with Gasteiger partial charge in [0.05, 0.1) is 28.3 Å². The number of aromatic amines is 2. The van der Waals surface area contributed by atoms with E-state index in [4.69, 9.17) is 4.98 Å². The molecule has 0 saturated carbocycles. The van der Waals surface area contributed by atoms with E-state index < -0.39 is 0 Å². The van der Waals surface area contributed by atoms with E-state index in [0.717, 1.165) is 45.7 Å². The van der Waals surface area contributed by atoms with E-state index in [-0.39, 0.29) is 11.0 Å². The molecule has 0 aliphatic heterocycles. The summed E-state index contributed by atoms with van der Waals surface area (Å²) in [6.45, 7) is 6.97. The van der Waals surface area contributed by atoms with Gasteiger partial charge in [0.25, 0.3) is 5.56 Å². The zero-order chi connectivity index (χ0) is 23.0. The number of rotatable bonds is 6. The van der Waals surface area contributed by atoms with Crippen molar-refractivity contribution in [3.63, 3.8) is 0 Å². The summed E-state index contributed by atoms with van der Waals surface area (Å²) in [6, 6.07) is 12.0. The van der Waals surface area contributed by atoms with Gasteiger partial charge in [-0.15, -0.1) is 0 Å². The van der Waals surface area contributed by atoms with Gasteiger partial charge in [0.2, 0.25) is 0 Å². The molecule has 0 amide bonds. The number of benzene rings is 1. The lowest BCUT2D eigenvalue weighted by Gasteiger charge is -2.30. The number of aryl methyl sites for hydroxylation is 1. The third-order valence-corrected chi connectivity index (χ3v) is 6.40. The van der Waals surface area contributed by atoms with Crippen molar-refractivity contribution < 1.29 is 0 Å². The molecule has 0 spiro atoms. The SMILES string of the molecule is CC[C@@](C)(CNc1cc(-c2ccc(C)nc2)ncn1)c1cccc2c1ncc1[nH][nH]c(=O)c12. The predicted octanol–water partition coefficient (Wildman–Crippen LogP) is 4.34. The maximum absolute atomic E-state index is 12.4. The molecule has 0 bridgehead atoms. The van der Waals surface area contributed by atoms with Gasteiger partial charge in [0, 0.05) is 40.9 Å². The molecule has 8 nitrogen and oxygen atoms in total. The lowest BCUT2D eigenvalue weighted by atomic mass is 9.78. The third-order valence-electron chi connectivity index (χ3n) is 6.40. The van der Waals surface area contributed by atoms with Crippen LogP contribution in [0.4, 0.5) is 5.82 Å². The summed E-state index contributed by atoms with van der Waals surface area (Å²) in [5.74, 6) is 0.748. The number of hydrogen-bond acceptors (Lipinski definition) is 6. The van der Waals surface area contributed by atoms with Gasteiger partial charge in [-0.3, -0.25) is 25.0 Å². The highest BCUT2D eigenvalue weighted by Crippen LogP contribution is 2.34. The van der Waals surface area contributed by atoms with Crippen LogP contribution < -0.4 is 10.9 Å². The minimum atomic E-state index is -0.236. The monoisotopic (exact) mass is 439 g/mol. The first kappa shape index (κ1) is 20.8. The Labute approximate surface area is 190 Å². The third kappa shape index (κ3) is 3.73. The van der Waals surface area contributed by atoms with Crippen molar-refractivity contribution in [1.82, 2.24) is 30.1 Å². The molecule has 3 N–H and O–H groups in total. The van der Waals surface area contributed by atoms with Crippen LogP contribution in [0, 0.1) is 6.92 Å². The Balaban J connectivity index is 1.48. The number of hydrogen-bond donors (Lipinski definition) is 3. The molecule has 166 valence electrons. The van der Waals surface area contributed by atoms with Crippen molar-refractivity contribution in [2.75, 3.05) is 11.9 Å². The largest absolute Gasteiger partial charge is 0.369 e. The van der Waals surface area contributed by atoms with Gasteiger partial charge in [0.1, 0.15) is 12.1 Å². The highest BCUT2D eigenvalue weighted by Gasteiger charge is 2.28. The van der Waals surface area contributed by atoms with E-state index in [9.17, 15) is 4.79 Å². The van der Waals surface area contributed by atoms with Crippen molar-refractivity contribution in [3.8, 4) is 11.3 Å². The molecule has 0 unspecified atom stereocenters. The fraction of sp³-hybridized carbons (Fsp3) is 0.240. The topological polar surface area (TPSA) is 112 Å². The van der Waals surface area contributed by atoms with Gasteiger partial charge in [-0.25, -0.2) is 9.97 Å². The summed E-state index contributed by atoms with van der Waals surface area (Å²) >= 11 is 0. The number of aromatic nitrogens is 6. The number of pyridine rings is 2. The summed E-state index contributed by atoms with van der Waals surface area (Å²) in [6.07, 6.45) is 5.98. The summed E-state index contributed by atoms with van der Waals surface area (Å²) in [5, 5.41) is 10.5. The van der Waals surface area contributed by atoms with Crippen molar-refractivity contribution in [3.05, 3.63) is 76.7 Å². The van der Waals surface area contributed by atoms with Crippen molar-refractivity contribution >= 4 is 27.6 Å². The van der Waals surface area contributed by atoms with Crippen LogP contribution in [-0.2, 0) is 5.41 Å². The standard InChI is InChI=1S/C25H25N7O/c1-4-25(3,13-28-21-10-19(29-14-30-21)16-9-8-15(2)26-11-16)18-7-5-6-17-22-20(12-27-23(17)18)31-32-24(22)33/h5-12,14H,4,13H2,1-3H3,(H,28,29,30)(H2,31,32,33)/t25-/m0/s1. The van der Waals surface area contributed by atoms with Gasteiger partial charge in [0.15, 0.2) is 0 Å². The lowest BCUT2D eigenvalue weighted by molar-refractivity contribution is 0.484. The Morgan fingerprint density at radius 1 is 1.03 bits per heavy atom. The second kappa shape index (κ2) is 8.12. The molecule has 8 heteroatoms. The van der Waals surface area contributed by atoms with E-state index in [2.05, 4.69) is 50.4 Å². The second-order valence-electron chi connectivity index (χ2n) is 8.57. The minimum Gasteiger partial charge on any atom is -0.369 e. The van der Waals surface area contributed by atoms with Gasteiger partial charge >= 0.3 is 0 Å². The van der Waals surface area contributed by atoms with E-state index in [1.54, 1.807) is 12.5 Å². The van der Waals surface area contributed by atoms with Crippen LogP contribution in [0.1, 0.15) is 31.5 Å². The highest BCUT2D eigenvalue weighted by atomic mass is 16.1. The molecule has 0 aliphatic carbocycles. The smallest absolute Gasteiger partial charge is 0.272 e. The Morgan fingerprint density at radius 2 is 1.91 bits per heavy atom. The van der Waals surface area contributed by atoms with E-state index in [1.807, 2.05) is 43.5 Å². The molecule has 5 rings (SSSR count). The Kier molecular flexibility index (Phi) is 5.12. The van der Waals surface area contributed by atoms with E-state index >= 15 is 0 Å². The van der Waals surface area contributed by atoms with Crippen LogP contribution in [0.2, 0.25) is 0 Å². The maximum Gasteiger partial charge on any atom is 0.272 e. The number of nitrogens with zero attached hydrogens (tertiary/aromatic N) is 4.